The smallest absolute Gasteiger partial charge is 0.277 e. The number of nitrogens with zero attached hydrogens (tertiary/aromatic N) is 2. The number of hydrogen-bond acceptors (Lipinski definition) is 6. The van der Waals surface area contributed by atoms with Gasteiger partial charge in [-0.3, -0.25) is 4.79 Å². The van der Waals surface area contributed by atoms with Crippen LogP contribution in [0.1, 0.15) is 43.3 Å². The fraction of sp³-hybridized carbons (Fsp3) is 0.529. The van der Waals surface area contributed by atoms with Gasteiger partial charge in [-0.2, -0.15) is 0 Å². The van der Waals surface area contributed by atoms with Gasteiger partial charge in [0.15, 0.2) is 0 Å². The van der Waals surface area contributed by atoms with Crippen LogP contribution in [-0.4, -0.2) is 51.0 Å². The van der Waals surface area contributed by atoms with E-state index in [9.17, 15) is 15.0 Å². The van der Waals surface area contributed by atoms with E-state index in [2.05, 4.69) is 15.5 Å². The van der Waals surface area contributed by atoms with Crippen molar-refractivity contribution < 1.29 is 19.7 Å². The summed E-state index contributed by atoms with van der Waals surface area (Å²) in [6.45, 7) is 9.69. The standard InChI is InChI=1S/C17H26N4O4/c1-6-25-17-13(16(24)19-20-17)7-15-9(2)14(10(3)18-15)8-21(11(4)22)12(5)23/h7,11-12,18,22-23H,6,8H2,1-5H3,(H,19,24). The second-order valence-electron chi connectivity index (χ2n) is 6.05. The molecule has 8 heteroatoms. The maximum absolute atomic E-state index is 12.0. The summed E-state index contributed by atoms with van der Waals surface area (Å²) in [5, 5.41) is 23.6. The summed E-state index contributed by atoms with van der Waals surface area (Å²) < 4.78 is 5.37. The number of carbonyl (C=O) groups is 1. The average Bonchev–Trinajstić information content (AvgIpc) is 2.99. The summed E-state index contributed by atoms with van der Waals surface area (Å²) in [4.78, 5) is 16.8. The summed E-state index contributed by atoms with van der Waals surface area (Å²) in [5.74, 6) is -0.0402. The number of rotatable bonds is 6. The van der Waals surface area contributed by atoms with Gasteiger partial charge in [-0.15, -0.1) is 5.10 Å². The minimum atomic E-state index is -0.784. The Morgan fingerprint density at radius 3 is 2.48 bits per heavy atom. The van der Waals surface area contributed by atoms with E-state index in [1.54, 1.807) is 24.8 Å². The van der Waals surface area contributed by atoms with Gasteiger partial charge in [0, 0.05) is 17.9 Å². The van der Waals surface area contributed by atoms with Gasteiger partial charge in [0.25, 0.3) is 5.91 Å². The molecule has 1 aliphatic rings. The molecule has 1 aliphatic heterocycles. The molecule has 1 aromatic rings. The van der Waals surface area contributed by atoms with Crippen LogP contribution in [0.5, 0.6) is 0 Å². The zero-order valence-electron chi connectivity index (χ0n) is 15.3. The summed E-state index contributed by atoms with van der Waals surface area (Å²) in [6, 6.07) is 0. The summed E-state index contributed by atoms with van der Waals surface area (Å²) in [5.41, 5.74) is 6.33. The van der Waals surface area contributed by atoms with Gasteiger partial charge in [-0.1, -0.05) is 0 Å². The molecule has 2 rings (SSSR count). The SMILES string of the molecule is CCOC1=NNC(=O)C1=Cc1[nH]c(C)c(CN(C(C)O)C(C)O)c1C. The molecule has 0 radical (unpaired) electrons. The van der Waals surface area contributed by atoms with Gasteiger partial charge in [0.1, 0.15) is 18.0 Å². The molecule has 0 spiro atoms. The Balaban J connectivity index is 2.35. The van der Waals surface area contributed by atoms with E-state index in [0.29, 0.717) is 18.7 Å². The van der Waals surface area contributed by atoms with Crippen LogP contribution in [0.15, 0.2) is 10.7 Å². The first kappa shape index (κ1) is 19.2. The topological polar surface area (TPSA) is 110 Å². The number of aromatic amines is 1. The van der Waals surface area contributed by atoms with Crippen LogP contribution in [0.25, 0.3) is 6.08 Å². The van der Waals surface area contributed by atoms with E-state index in [0.717, 1.165) is 22.5 Å². The molecule has 0 aromatic carbocycles. The second kappa shape index (κ2) is 7.81. The number of hydrazone groups is 1. The minimum Gasteiger partial charge on any atom is -0.476 e. The first-order valence-corrected chi connectivity index (χ1v) is 8.29. The second-order valence-corrected chi connectivity index (χ2v) is 6.05. The first-order valence-electron chi connectivity index (χ1n) is 8.29. The van der Waals surface area contributed by atoms with E-state index >= 15 is 0 Å². The Morgan fingerprint density at radius 1 is 1.28 bits per heavy atom. The fourth-order valence-corrected chi connectivity index (χ4v) is 2.79. The normalized spacial score (nSPS) is 18.5. The Labute approximate surface area is 147 Å². The molecule has 1 amide bonds. The Kier molecular flexibility index (Phi) is 5.99. The highest BCUT2D eigenvalue weighted by Crippen LogP contribution is 2.24. The fourth-order valence-electron chi connectivity index (χ4n) is 2.79. The number of H-pyrrole nitrogens is 1. The number of aliphatic hydroxyl groups excluding tert-OH is 2. The molecule has 0 saturated heterocycles. The molecule has 8 nitrogen and oxygen atoms in total. The molecule has 25 heavy (non-hydrogen) atoms. The van der Waals surface area contributed by atoms with E-state index in [-0.39, 0.29) is 11.8 Å². The zero-order valence-corrected chi connectivity index (χ0v) is 15.3. The largest absolute Gasteiger partial charge is 0.476 e. The predicted molar refractivity (Wildman–Crippen MR) is 94.4 cm³/mol. The third-order valence-corrected chi connectivity index (χ3v) is 4.24. The lowest BCUT2D eigenvalue weighted by Crippen LogP contribution is -2.39. The number of aromatic nitrogens is 1. The zero-order chi connectivity index (χ0) is 18.7. The van der Waals surface area contributed by atoms with Crippen LogP contribution in [-0.2, 0) is 16.1 Å². The monoisotopic (exact) mass is 350 g/mol. The van der Waals surface area contributed by atoms with E-state index in [1.165, 1.54) is 0 Å². The van der Waals surface area contributed by atoms with Gasteiger partial charge < -0.3 is 19.9 Å². The third-order valence-electron chi connectivity index (χ3n) is 4.24. The van der Waals surface area contributed by atoms with Crippen molar-refractivity contribution in [2.75, 3.05) is 6.61 Å². The number of hydrogen-bond donors (Lipinski definition) is 4. The van der Waals surface area contributed by atoms with Crippen molar-refractivity contribution in [2.24, 2.45) is 5.10 Å². The molecule has 0 aliphatic carbocycles. The third kappa shape index (κ3) is 4.09. The molecule has 0 bridgehead atoms. The highest BCUT2D eigenvalue weighted by molar-refractivity contribution is 6.24. The predicted octanol–water partition coefficient (Wildman–Crippen LogP) is 0.973. The molecule has 2 heterocycles. The Morgan fingerprint density at radius 2 is 1.92 bits per heavy atom. The van der Waals surface area contributed by atoms with Crippen LogP contribution >= 0.6 is 0 Å². The summed E-state index contributed by atoms with van der Waals surface area (Å²) in [6.07, 6.45) is 0.137. The van der Waals surface area contributed by atoms with Crippen molar-refractivity contribution in [3.05, 3.63) is 28.1 Å². The molecule has 138 valence electrons. The van der Waals surface area contributed by atoms with Gasteiger partial charge in [0.2, 0.25) is 5.90 Å². The van der Waals surface area contributed by atoms with Gasteiger partial charge in [0.05, 0.1) is 6.61 Å². The van der Waals surface area contributed by atoms with Crippen LogP contribution in [0.2, 0.25) is 0 Å². The summed E-state index contributed by atoms with van der Waals surface area (Å²) >= 11 is 0. The van der Waals surface area contributed by atoms with Crippen LogP contribution in [0.4, 0.5) is 0 Å². The van der Waals surface area contributed by atoms with E-state index in [4.69, 9.17) is 4.74 Å². The number of aryl methyl sites for hydroxylation is 1. The molecule has 0 saturated carbocycles. The van der Waals surface area contributed by atoms with Gasteiger partial charge in [-0.25, -0.2) is 10.3 Å². The number of nitrogens with one attached hydrogen (secondary N) is 2. The first-order chi connectivity index (χ1) is 11.8. The van der Waals surface area contributed by atoms with E-state index < -0.39 is 12.5 Å². The lowest BCUT2D eigenvalue weighted by molar-refractivity contribution is -0.116. The van der Waals surface area contributed by atoms with Gasteiger partial charge in [-0.05, 0) is 51.8 Å². The van der Waals surface area contributed by atoms with Crippen LogP contribution in [0.3, 0.4) is 0 Å². The summed E-state index contributed by atoms with van der Waals surface area (Å²) in [7, 11) is 0. The van der Waals surface area contributed by atoms with Gasteiger partial charge >= 0.3 is 0 Å². The highest BCUT2D eigenvalue weighted by Gasteiger charge is 2.26. The van der Waals surface area contributed by atoms with Crippen molar-refractivity contribution in [1.29, 1.82) is 0 Å². The number of carbonyl (C=O) groups excluding carboxylic acids is 1. The lowest BCUT2D eigenvalue weighted by Gasteiger charge is -2.28. The Bertz CT molecular complexity index is 696. The van der Waals surface area contributed by atoms with Crippen molar-refractivity contribution in [3.8, 4) is 0 Å². The van der Waals surface area contributed by atoms with E-state index in [1.807, 2.05) is 20.8 Å². The Hall–Kier alpha value is -2.16. The number of ether oxygens (including phenoxy) is 1. The average molecular weight is 350 g/mol. The number of aliphatic hydroxyl groups is 2. The molecule has 2 atom stereocenters. The van der Waals surface area contributed by atoms with Crippen LogP contribution in [0, 0.1) is 13.8 Å². The van der Waals surface area contributed by atoms with Crippen LogP contribution < -0.4 is 5.43 Å². The molecule has 1 aromatic heterocycles. The minimum absolute atomic E-state index is 0.273. The van der Waals surface area contributed by atoms with Crippen molar-refractivity contribution in [2.45, 2.75) is 53.6 Å². The number of amides is 1. The molecule has 2 unspecified atom stereocenters. The molecular weight excluding hydrogens is 324 g/mol. The maximum Gasteiger partial charge on any atom is 0.277 e. The quantitative estimate of drug-likeness (QED) is 0.451. The van der Waals surface area contributed by atoms with Crippen molar-refractivity contribution in [3.63, 3.8) is 0 Å². The molecule has 0 fully saturated rings. The molecular formula is C17H26N4O4. The van der Waals surface area contributed by atoms with Crippen molar-refractivity contribution in [1.82, 2.24) is 15.3 Å². The van der Waals surface area contributed by atoms with Crippen molar-refractivity contribution >= 4 is 17.9 Å². The highest BCUT2D eigenvalue weighted by atomic mass is 16.5. The lowest BCUT2D eigenvalue weighted by atomic mass is 10.1. The maximum atomic E-state index is 12.0. The molecule has 4 N–H and O–H groups in total.